The molecule has 1 amide bonds. The van der Waals surface area contributed by atoms with Crippen molar-refractivity contribution in [1.82, 2.24) is 5.32 Å². The number of halogens is 1. The smallest absolute Gasteiger partial charge is 0.325 e. The zero-order valence-electron chi connectivity index (χ0n) is 15.4. The van der Waals surface area contributed by atoms with Gasteiger partial charge in [0, 0.05) is 28.3 Å². The van der Waals surface area contributed by atoms with E-state index in [9.17, 15) is 24.5 Å². The second-order valence-electron chi connectivity index (χ2n) is 6.08. The van der Waals surface area contributed by atoms with Crippen molar-refractivity contribution in [3.63, 3.8) is 0 Å². The first kappa shape index (κ1) is 21.1. The van der Waals surface area contributed by atoms with Gasteiger partial charge in [0.2, 0.25) is 0 Å². The summed E-state index contributed by atoms with van der Waals surface area (Å²) in [5, 5.41) is 13.1. The van der Waals surface area contributed by atoms with Crippen molar-refractivity contribution in [2.45, 2.75) is 0 Å². The van der Waals surface area contributed by atoms with Gasteiger partial charge in [-0.05, 0) is 24.3 Å². The van der Waals surface area contributed by atoms with Gasteiger partial charge in [-0.15, -0.1) is 0 Å². The van der Waals surface area contributed by atoms with E-state index in [1.54, 1.807) is 6.07 Å². The Hall–Kier alpha value is -3.66. The molecule has 2 aromatic carbocycles. The Morgan fingerprint density at radius 2 is 1.80 bits per heavy atom. The van der Waals surface area contributed by atoms with E-state index in [4.69, 9.17) is 25.8 Å². The van der Waals surface area contributed by atoms with Crippen LogP contribution in [0.25, 0.3) is 0 Å². The van der Waals surface area contributed by atoms with Crippen LogP contribution in [0.3, 0.4) is 0 Å². The summed E-state index contributed by atoms with van der Waals surface area (Å²) in [6.07, 6.45) is 0. The van der Waals surface area contributed by atoms with Crippen molar-refractivity contribution in [3.8, 4) is 11.5 Å². The molecule has 1 N–H and O–H groups in total. The number of hydrogen-bond acceptors (Lipinski definition) is 8. The average molecular weight is 435 g/mol. The minimum atomic E-state index is -0.856. The van der Waals surface area contributed by atoms with Gasteiger partial charge in [-0.1, -0.05) is 11.6 Å². The van der Waals surface area contributed by atoms with Gasteiger partial charge in [0.25, 0.3) is 11.6 Å². The Balaban J connectivity index is 1.51. The maximum absolute atomic E-state index is 12.2. The highest BCUT2D eigenvalue weighted by atomic mass is 35.5. The first-order chi connectivity index (χ1) is 14.3. The fourth-order valence-electron chi connectivity index (χ4n) is 2.56. The summed E-state index contributed by atoms with van der Waals surface area (Å²) < 4.78 is 15.6. The van der Waals surface area contributed by atoms with Crippen LogP contribution >= 0.6 is 11.6 Å². The highest BCUT2D eigenvalue weighted by molar-refractivity contribution is 6.31. The number of ketones is 1. The Kier molecular flexibility index (Phi) is 6.48. The fourth-order valence-corrected chi connectivity index (χ4v) is 2.79. The third-order valence-electron chi connectivity index (χ3n) is 3.98. The minimum absolute atomic E-state index is 0.00181. The number of nitro benzene ring substituents is 1. The maximum Gasteiger partial charge on any atom is 0.325 e. The van der Waals surface area contributed by atoms with Crippen LogP contribution in [0, 0.1) is 10.1 Å². The van der Waals surface area contributed by atoms with E-state index in [1.165, 1.54) is 18.2 Å². The quantitative estimate of drug-likeness (QED) is 0.303. The third kappa shape index (κ3) is 5.23. The van der Waals surface area contributed by atoms with Crippen LogP contribution in [0.2, 0.25) is 5.02 Å². The lowest BCUT2D eigenvalue weighted by Crippen LogP contribution is -2.31. The van der Waals surface area contributed by atoms with Crippen LogP contribution in [0.1, 0.15) is 20.7 Å². The average Bonchev–Trinajstić information content (AvgIpc) is 2.74. The molecule has 0 atom stereocenters. The lowest BCUT2D eigenvalue weighted by molar-refractivity contribution is -0.384. The first-order valence-electron chi connectivity index (χ1n) is 8.65. The van der Waals surface area contributed by atoms with Crippen LogP contribution in [-0.2, 0) is 9.53 Å². The number of hydrogen-bond donors (Lipinski definition) is 1. The molecule has 1 heterocycles. The van der Waals surface area contributed by atoms with Crippen LogP contribution in [0.4, 0.5) is 5.69 Å². The molecule has 10 nitrogen and oxygen atoms in total. The van der Waals surface area contributed by atoms with Crippen LogP contribution in [-0.4, -0.2) is 48.9 Å². The number of carbonyl (C=O) groups is 3. The van der Waals surface area contributed by atoms with Crippen molar-refractivity contribution < 1.29 is 33.5 Å². The molecular weight excluding hydrogens is 420 g/mol. The monoisotopic (exact) mass is 434 g/mol. The van der Waals surface area contributed by atoms with E-state index in [0.717, 1.165) is 12.1 Å². The second-order valence-corrected chi connectivity index (χ2v) is 6.52. The molecule has 0 saturated carbocycles. The molecule has 0 bridgehead atoms. The molecule has 1 aliphatic heterocycles. The second kappa shape index (κ2) is 9.23. The number of fused-ring (bicyclic) bond motifs is 1. The molecule has 1 aliphatic rings. The molecule has 30 heavy (non-hydrogen) atoms. The first-order valence-corrected chi connectivity index (χ1v) is 9.03. The van der Waals surface area contributed by atoms with Gasteiger partial charge in [0.15, 0.2) is 23.9 Å². The van der Waals surface area contributed by atoms with Gasteiger partial charge in [-0.3, -0.25) is 24.5 Å². The van der Waals surface area contributed by atoms with Crippen molar-refractivity contribution >= 4 is 34.9 Å². The van der Waals surface area contributed by atoms with Gasteiger partial charge in [-0.25, -0.2) is 0 Å². The zero-order valence-corrected chi connectivity index (χ0v) is 16.1. The summed E-state index contributed by atoms with van der Waals surface area (Å²) in [6.45, 7) is -0.272. The van der Waals surface area contributed by atoms with Gasteiger partial charge in [0.05, 0.1) is 4.92 Å². The highest BCUT2D eigenvalue weighted by Gasteiger charge is 2.18. The zero-order chi connectivity index (χ0) is 21.7. The normalized spacial score (nSPS) is 12.0. The van der Waals surface area contributed by atoms with E-state index in [0.29, 0.717) is 24.7 Å². The summed E-state index contributed by atoms with van der Waals surface area (Å²) in [5.41, 5.74) is -0.170. The summed E-state index contributed by atoms with van der Waals surface area (Å²) >= 11 is 5.76. The van der Waals surface area contributed by atoms with E-state index < -0.39 is 35.7 Å². The van der Waals surface area contributed by atoms with E-state index in [1.807, 2.05) is 0 Å². The number of nitro groups is 1. The number of Topliss-reactive ketones (excluding diaryl/α,β-unsaturated/α-hetero) is 1. The summed E-state index contributed by atoms with van der Waals surface area (Å²) in [5.74, 6) is -1.11. The topological polar surface area (TPSA) is 134 Å². The lowest BCUT2D eigenvalue weighted by Gasteiger charge is -2.18. The van der Waals surface area contributed by atoms with Gasteiger partial charge < -0.3 is 19.5 Å². The minimum Gasteiger partial charge on any atom is -0.486 e. The molecular formula is C19H15ClN2O8. The van der Waals surface area contributed by atoms with Crippen molar-refractivity contribution in [1.29, 1.82) is 0 Å². The Morgan fingerprint density at radius 3 is 2.53 bits per heavy atom. The SMILES string of the molecule is O=C(CNC(=O)c1cc(Cl)cc([N+](=O)[O-])c1)OCC(=O)c1ccc2c(c1)OCCO2. The molecule has 0 spiro atoms. The number of rotatable bonds is 7. The molecule has 3 rings (SSSR count). The Labute approximate surface area is 174 Å². The summed E-state index contributed by atoms with van der Waals surface area (Å²) in [4.78, 5) is 46.2. The largest absolute Gasteiger partial charge is 0.486 e. The molecule has 0 radical (unpaired) electrons. The number of non-ortho nitro benzene ring substituents is 1. The number of carbonyl (C=O) groups excluding carboxylic acids is 3. The fraction of sp³-hybridized carbons (Fsp3) is 0.211. The Morgan fingerprint density at radius 1 is 1.07 bits per heavy atom. The number of benzene rings is 2. The van der Waals surface area contributed by atoms with Crippen LogP contribution in [0.5, 0.6) is 11.5 Å². The Bertz CT molecular complexity index is 1020. The van der Waals surface area contributed by atoms with Crippen LogP contribution in [0.15, 0.2) is 36.4 Å². The molecule has 0 aromatic heterocycles. The molecule has 0 aliphatic carbocycles. The highest BCUT2D eigenvalue weighted by Crippen LogP contribution is 2.30. The molecule has 11 heteroatoms. The van der Waals surface area contributed by atoms with Crippen molar-refractivity contribution in [3.05, 3.63) is 62.7 Å². The van der Waals surface area contributed by atoms with Crippen molar-refractivity contribution in [2.24, 2.45) is 0 Å². The van der Waals surface area contributed by atoms with Gasteiger partial charge >= 0.3 is 5.97 Å². The van der Waals surface area contributed by atoms with Gasteiger partial charge in [-0.2, -0.15) is 0 Å². The number of esters is 1. The maximum atomic E-state index is 12.2. The molecule has 156 valence electrons. The van der Waals surface area contributed by atoms with E-state index >= 15 is 0 Å². The molecule has 0 unspecified atom stereocenters. The van der Waals surface area contributed by atoms with E-state index in [-0.39, 0.29) is 21.8 Å². The predicted molar refractivity (Wildman–Crippen MR) is 103 cm³/mol. The van der Waals surface area contributed by atoms with Crippen LogP contribution < -0.4 is 14.8 Å². The van der Waals surface area contributed by atoms with Gasteiger partial charge in [0.1, 0.15) is 19.8 Å². The number of nitrogens with one attached hydrogen (secondary N) is 1. The van der Waals surface area contributed by atoms with Crippen molar-refractivity contribution in [2.75, 3.05) is 26.4 Å². The molecule has 0 fully saturated rings. The molecule has 2 aromatic rings. The standard InChI is InChI=1S/C19H15ClN2O8/c20-13-5-12(6-14(8-13)22(26)27)19(25)21-9-18(24)30-10-15(23)11-1-2-16-17(7-11)29-4-3-28-16/h1-2,5-8H,3-4,9-10H2,(H,21,25). The summed E-state index contributed by atoms with van der Waals surface area (Å²) in [6, 6.07) is 7.96. The number of amides is 1. The predicted octanol–water partition coefficient (Wildman–Crippen LogP) is 2.18. The molecule has 0 saturated heterocycles. The number of nitrogens with zero attached hydrogens (tertiary/aromatic N) is 1. The number of ether oxygens (including phenoxy) is 3. The summed E-state index contributed by atoms with van der Waals surface area (Å²) in [7, 11) is 0. The third-order valence-corrected chi connectivity index (χ3v) is 4.20. The van der Waals surface area contributed by atoms with E-state index in [2.05, 4.69) is 5.32 Å². The lowest BCUT2D eigenvalue weighted by atomic mass is 10.1.